The molecule has 2 aliphatic rings. The van der Waals surface area contributed by atoms with Crippen molar-refractivity contribution in [2.75, 3.05) is 26.7 Å². The lowest BCUT2D eigenvalue weighted by Gasteiger charge is -2.33. The van der Waals surface area contributed by atoms with Crippen molar-refractivity contribution in [2.24, 2.45) is 0 Å². The highest BCUT2D eigenvalue weighted by Gasteiger charge is 2.25. The standard InChI is InChI=1S/C25H38N6/c1-20-8-3-4-14-31(20)15-7-12-26-16-22-17-29-23(18-28-22)19-30(2)24-11-5-9-21-10-6-13-27-25(21)24/h6,10,13,17-18,20,24,26H,3-5,7-9,11-12,14-16,19H2,1-2H3. The molecule has 31 heavy (non-hydrogen) atoms. The van der Waals surface area contributed by atoms with Crippen molar-refractivity contribution in [3.63, 3.8) is 0 Å². The molecule has 4 rings (SSSR count). The number of nitrogens with one attached hydrogen (secondary N) is 1. The lowest BCUT2D eigenvalue weighted by atomic mass is 9.91. The van der Waals surface area contributed by atoms with E-state index in [-0.39, 0.29) is 0 Å². The Hall–Kier alpha value is -1.89. The van der Waals surface area contributed by atoms with Crippen LogP contribution in [0.15, 0.2) is 30.7 Å². The number of likely N-dealkylation sites (tertiary alicyclic amines) is 1. The third-order valence-corrected chi connectivity index (χ3v) is 6.91. The molecule has 2 aromatic rings. The van der Waals surface area contributed by atoms with Crippen molar-refractivity contribution < 1.29 is 0 Å². The average molecular weight is 423 g/mol. The van der Waals surface area contributed by atoms with Crippen LogP contribution in [0.4, 0.5) is 0 Å². The van der Waals surface area contributed by atoms with Crippen LogP contribution in [-0.2, 0) is 19.5 Å². The molecule has 6 nitrogen and oxygen atoms in total. The van der Waals surface area contributed by atoms with Gasteiger partial charge >= 0.3 is 0 Å². The topological polar surface area (TPSA) is 57.2 Å². The van der Waals surface area contributed by atoms with Gasteiger partial charge < -0.3 is 10.2 Å². The van der Waals surface area contributed by atoms with E-state index >= 15 is 0 Å². The smallest absolute Gasteiger partial charge is 0.0727 e. The van der Waals surface area contributed by atoms with E-state index in [0.29, 0.717) is 6.04 Å². The Labute approximate surface area is 187 Å². The maximum atomic E-state index is 4.68. The highest BCUT2D eigenvalue weighted by molar-refractivity contribution is 5.25. The second-order valence-electron chi connectivity index (χ2n) is 9.28. The van der Waals surface area contributed by atoms with Crippen LogP contribution < -0.4 is 5.32 Å². The summed E-state index contributed by atoms with van der Waals surface area (Å²) in [7, 11) is 2.18. The minimum atomic E-state index is 0.371. The van der Waals surface area contributed by atoms with Crippen LogP contribution in [0.5, 0.6) is 0 Å². The highest BCUT2D eigenvalue weighted by atomic mass is 15.2. The fourth-order valence-corrected chi connectivity index (χ4v) is 5.05. The number of hydrogen-bond acceptors (Lipinski definition) is 6. The Morgan fingerprint density at radius 3 is 2.81 bits per heavy atom. The van der Waals surface area contributed by atoms with Crippen molar-refractivity contribution in [3.05, 3.63) is 53.4 Å². The summed E-state index contributed by atoms with van der Waals surface area (Å²) in [5, 5.41) is 3.53. The van der Waals surface area contributed by atoms with Crippen LogP contribution in [0.2, 0.25) is 0 Å². The van der Waals surface area contributed by atoms with Gasteiger partial charge in [-0.2, -0.15) is 0 Å². The molecule has 0 amide bonds. The number of aromatic nitrogens is 3. The van der Waals surface area contributed by atoms with E-state index in [4.69, 9.17) is 0 Å². The fraction of sp³-hybridized carbons (Fsp3) is 0.640. The fourth-order valence-electron chi connectivity index (χ4n) is 5.05. The molecule has 2 atom stereocenters. The van der Waals surface area contributed by atoms with E-state index in [1.807, 2.05) is 24.7 Å². The third-order valence-electron chi connectivity index (χ3n) is 6.91. The molecule has 0 bridgehead atoms. The van der Waals surface area contributed by atoms with E-state index in [0.717, 1.165) is 49.9 Å². The van der Waals surface area contributed by atoms with Crippen LogP contribution >= 0.6 is 0 Å². The van der Waals surface area contributed by atoms with E-state index in [2.05, 4.69) is 50.1 Å². The van der Waals surface area contributed by atoms with Crippen LogP contribution in [0.3, 0.4) is 0 Å². The number of aryl methyl sites for hydroxylation is 1. The van der Waals surface area contributed by atoms with Gasteiger partial charge in [-0.1, -0.05) is 12.5 Å². The molecule has 1 N–H and O–H groups in total. The van der Waals surface area contributed by atoms with Crippen LogP contribution in [0.25, 0.3) is 0 Å². The van der Waals surface area contributed by atoms with Crippen molar-refractivity contribution in [1.82, 2.24) is 30.1 Å². The Kier molecular flexibility index (Phi) is 8.00. The van der Waals surface area contributed by atoms with Crippen molar-refractivity contribution >= 4 is 0 Å². The third kappa shape index (κ3) is 6.09. The monoisotopic (exact) mass is 422 g/mol. The number of piperidine rings is 1. The first kappa shape index (κ1) is 22.3. The first-order chi connectivity index (χ1) is 15.2. The van der Waals surface area contributed by atoms with Crippen LogP contribution in [0.1, 0.15) is 74.1 Å². The first-order valence-electron chi connectivity index (χ1n) is 12.1. The largest absolute Gasteiger partial charge is 0.311 e. The normalized spacial score (nSPS) is 21.9. The van der Waals surface area contributed by atoms with Crippen molar-refractivity contribution in [2.45, 2.75) is 77.0 Å². The molecular formula is C25H38N6. The summed E-state index contributed by atoms with van der Waals surface area (Å²) in [5.41, 5.74) is 4.67. The minimum absolute atomic E-state index is 0.371. The van der Waals surface area contributed by atoms with Gasteiger partial charge in [-0.15, -0.1) is 0 Å². The van der Waals surface area contributed by atoms with Crippen LogP contribution in [-0.4, -0.2) is 57.5 Å². The molecule has 0 aromatic carbocycles. The molecule has 1 saturated heterocycles. The Morgan fingerprint density at radius 1 is 1.10 bits per heavy atom. The van der Waals surface area contributed by atoms with Gasteiger partial charge in [0.05, 0.1) is 35.5 Å². The molecule has 2 unspecified atom stereocenters. The molecule has 1 fully saturated rings. The molecular weight excluding hydrogens is 384 g/mol. The zero-order chi connectivity index (χ0) is 21.5. The Morgan fingerprint density at radius 2 is 1.97 bits per heavy atom. The van der Waals surface area contributed by atoms with E-state index in [1.165, 1.54) is 56.5 Å². The summed E-state index contributed by atoms with van der Waals surface area (Å²) in [6.45, 7) is 7.46. The van der Waals surface area contributed by atoms with Gasteiger partial charge in [-0.05, 0) is 83.8 Å². The summed E-state index contributed by atoms with van der Waals surface area (Å²) in [4.78, 5) is 19.0. The molecule has 2 aromatic heterocycles. The molecule has 0 radical (unpaired) electrons. The van der Waals surface area contributed by atoms with Gasteiger partial charge in [0.15, 0.2) is 0 Å². The van der Waals surface area contributed by atoms with Crippen LogP contribution in [0, 0.1) is 0 Å². The lowest BCUT2D eigenvalue weighted by Crippen LogP contribution is -2.38. The predicted molar refractivity (Wildman–Crippen MR) is 125 cm³/mol. The number of pyridine rings is 1. The van der Waals surface area contributed by atoms with E-state index in [1.54, 1.807) is 0 Å². The SMILES string of the molecule is CC1CCCCN1CCCNCc1cnc(CN(C)C2CCCc3cccnc32)cn1. The maximum Gasteiger partial charge on any atom is 0.0727 e. The van der Waals surface area contributed by atoms with Gasteiger partial charge in [0.25, 0.3) is 0 Å². The van der Waals surface area contributed by atoms with Crippen molar-refractivity contribution in [1.29, 1.82) is 0 Å². The first-order valence-corrected chi connectivity index (χ1v) is 12.1. The quantitative estimate of drug-likeness (QED) is 0.622. The summed E-state index contributed by atoms with van der Waals surface area (Å²) < 4.78 is 0. The number of fused-ring (bicyclic) bond motifs is 1. The van der Waals surface area contributed by atoms with Gasteiger partial charge in [0.1, 0.15) is 0 Å². The average Bonchev–Trinajstić information content (AvgIpc) is 2.80. The molecule has 1 aliphatic heterocycles. The number of nitrogens with zero attached hydrogens (tertiary/aromatic N) is 5. The zero-order valence-corrected chi connectivity index (χ0v) is 19.3. The minimum Gasteiger partial charge on any atom is -0.311 e. The molecule has 6 heteroatoms. The Balaban J connectivity index is 1.20. The molecule has 0 spiro atoms. The van der Waals surface area contributed by atoms with Gasteiger partial charge in [0, 0.05) is 25.3 Å². The van der Waals surface area contributed by atoms with Gasteiger partial charge in [-0.25, -0.2) is 0 Å². The predicted octanol–water partition coefficient (Wildman–Crippen LogP) is 3.74. The summed E-state index contributed by atoms with van der Waals surface area (Å²) in [5.74, 6) is 0. The summed E-state index contributed by atoms with van der Waals surface area (Å²) in [6.07, 6.45) is 14.6. The maximum absolute atomic E-state index is 4.68. The highest BCUT2D eigenvalue weighted by Crippen LogP contribution is 2.32. The molecule has 1 aliphatic carbocycles. The second-order valence-corrected chi connectivity index (χ2v) is 9.28. The Bertz CT molecular complexity index is 808. The van der Waals surface area contributed by atoms with Crippen molar-refractivity contribution in [3.8, 4) is 0 Å². The number of hydrogen-bond donors (Lipinski definition) is 1. The summed E-state index contributed by atoms with van der Waals surface area (Å²) >= 11 is 0. The molecule has 0 saturated carbocycles. The molecule has 168 valence electrons. The zero-order valence-electron chi connectivity index (χ0n) is 19.3. The summed E-state index contributed by atoms with van der Waals surface area (Å²) in [6, 6.07) is 5.39. The van der Waals surface area contributed by atoms with E-state index < -0.39 is 0 Å². The second kappa shape index (κ2) is 11.1. The van der Waals surface area contributed by atoms with E-state index in [9.17, 15) is 0 Å². The lowest BCUT2D eigenvalue weighted by molar-refractivity contribution is 0.159. The number of rotatable bonds is 9. The molecule has 3 heterocycles. The van der Waals surface area contributed by atoms with Gasteiger partial charge in [-0.3, -0.25) is 19.9 Å². The van der Waals surface area contributed by atoms with Gasteiger partial charge in [0.2, 0.25) is 0 Å².